The maximum Gasteiger partial charge on any atom is 0.225 e. The monoisotopic (exact) mass is 294 g/mol. The first kappa shape index (κ1) is 14.8. The first-order valence-electron chi connectivity index (χ1n) is 8.23. The first-order valence-corrected chi connectivity index (χ1v) is 8.23. The average molecular weight is 294 g/mol. The third-order valence-electron chi connectivity index (χ3n) is 5.08. The van der Waals surface area contributed by atoms with Crippen molar-refractivity contribution in [2.45, 2.75) is 50.5 Å². The van der Waals surface area contributed by atoms with Crippen LogP contribution in [0.15, 0.2) is 0 Å². The third-order valence-corrected chi connectivity index (χ3v) is 5.08. The number of nitrogens with zero attached hydrogens (tertiary/aromatic N) is 1. The zero-order valence-corrected chi connectivity index (χ0v) is 12.9. The third kappa shape index (κ3) is 3.57. The molecule has 3 aliphatic rings. The Morgan fingerprint density at radius 1 is 1.14 bits per heavy atom. The summed E-state index contributed by atoms with van der Waals surface area (Å²) in [7, 11) is 1.70. The molecule has 1 aliphatic heterocycles. The lowest BCUT2D eigenvalue weighted by Gasteiger charge is -2.42. The number of methoxy groups -OCH3 is 1. The second kappa shape index (κ2) is 5.95. The van der Waals surface area contributed by atoms with Crippen LogP contribution in [0.3, 0.4) is 0 Å². The van der Waals surface area contributed by atoms with Crippen LogP contribution >= 0.6 is 0 Å². The largest absolute Gasteiger partial charge is 0.385 e. The molecule has 1 saturated heterocycles. The van der Waals surface area contributed by atoms with Crippen LogP contribution < -0.4 is 5.32 Å². The lowest BCUT2D eigenvalue weighted by molar-refractivity contribution is -0.135. The molecule has 5 heteroatoms. The number of nitrogens with one attached hydrogen (secondary N) is 1. The van der Waals surface area contributed by atoms with Crippen molar-refractivity contribution in [2.24, 2.45) is 11.8 Å². The van der Waals surface area contributed by atoms with Crippen LogP contribution in [0.1, 0.15) is 44.9 Å². The predicted octanol–water partition coefficient (Wildman–Crippen LogP) is 1.32. The van der Waals surface area contributed by atoms with E-state index in [2.05, 4.69) is 5.32 Å². The van der Waals surface area contributed by atoms with E-state index in [1.165, 1.54) is 0 Å². The second-order valence-corrected chi connectivity index (χ2v) is 6.89. The number of hydrogen-bond donors (Lipinski definition) is 1. The summed E-state index contributed by atoms with van der Waals surface area (Å²) in [6.45, 7) is 2.19. The van der Waals surface area contributed by atoms with Gasteiger partial charge >= 0.3 is 0 Å². The fourth-order valence-corrected chi connectivity index (χ4v) is 3.19. The van der Waals surface area contributed by atoms with Gasteiger partial charge in [0.15, 0.2) is 0 Å². The minimum atomic E-state index is -0.171. The molecule has 1 N–H and O–H groups in total. The van der Waals surface area contributed by atoms with Gasteiger partial charge in [0.05, 0.1) is 0 Å². The van der Waals surface area contributed by atoms with Crippen LogP contribution in [-0.4, -0.2) is 49.1 Å². The topological polar surface area (TPSA) is 58.6 Å². The van der Waals surface area contributed by atoms with Gasteiger partial charge in [0.25, 0.3) is 0 Å². The van der Waals surface area contributed by atoms with Crippen molar-refractivity contribution in [3.63, 3.8) is 0 Å². The summed E-state index contributed by atoms with van der Waals surface area (Å²) in [5.74, 6) is 1.05. The Kier molecular flexibility index (Phi) is 4.20. The standard InChI is InChI=1S/C16H26N2O3/c1-21-11-8-16(17-14(19)12-2-3-12)6-9-18(10-7-16)15(20)13-4-5-13/h12-13H,2-11H2,1H3,(H,17,19). The summed E-state index contributed by atoms with van der Waals surface area (Å²) in [5, 5.41) is 3.28. The number of ether oxygens (including phenoxy) is 1. The molecule has 3 fully saturated rings. The Morgan fingerprint density at radius 3 is 2.29 bits per heavy atom. The summed E-state index contributed by atoms with van der Waals surface area (Å²) in [5.41, 5.74) is -0.171. The summed E-state index contributed by atoms with van der Waals surface area (Å²) in [4.78, 5) is 26.3. The number of piperidine rings is 1. The van der Waals surface area contributed by atoms with E-state index in [1.54, 1.807) is 7.11 Å². The van der Waals surface area contributed by atoms with Crippen LogP contribution in [0.5, 0.6) is 0 Å². The van der Waals surface area contributed by atoms with Crippen molar-refractivity contribution in [1.29, 1.82) is 0 Å². The minimum absolute atomic E-state index is 0.171. The number of carbonyl (C=O) groups excluding carboxylic acids is 2. The molecule has 0 bridgehead atoms. The van der Waals surface area contributed by atoms with Crippen molar-refractivity contribution < 1.29 is 14.3 Å². The Hall–Kier alpha value is -1.10. The normalized spacial score (nSPS) is 24.7. The van der Waals surface area contributed by atoms with Gasteiger partial charge in [-0.3, -0.25) is 9.59 Å². The van der Waals surface area contributed by atoms with E-state index in [0.717, 1.165) is 58.0 Å². The van der Waals surface area contributed by atoms with Gasteiger partial charge in [-0.05, 0) is 44.9 Å². The van der Waals surface area contributed by atoms with E-state index < -0.39 is 0 Å². The van der Waals surface area contributed by atoms with Gasteiger partial charge in [-0.25, -0.2) is 0 Å². The Morgan fingerprint density at radius 2 is 1.76 bits per heavy atom. The van der Waals surface area contributed by atoms with Crippen molar-refractivity contribution in [3.05, 3.63) is 0 Å². The Bertz CT molecular complexity index is 408. The Labute approximate surface area is 126 Å². The summed E-state index contributed by atoms with van der Waals surface area (Å²) >= 11 is 0. The van der Waals surface area contributed by atoms with Gasteiger partial charge in [0, 0.05) is 44.2 Å². The van der Waals surface area contributed by atoms with E-state index in [4.69, 9.17) is 4.74 Å². The van der Waals surface area contributed by atoms with E-state index in [1.807, 2.05) is 4.90 Å². The number of carbonyl (C=O) groups is 2. The highest BCUT2D eigenvalue weighted by Gasteiger charge is 2.42. The summed E-state index contributed by atoms with van der Waals surface area (Å²) in [6.07, 6.45) is 6.72. The molecule has 0 unspecified atom stereocenters. The molecule has 0 radical (unpaired) electrons. The van der Waals surface area contributed by atoms with Gasteiger partial charge in [-0.15, -0.1) is 0 Å². The molecule has 0 aromatic rings. The molecule has 0 atom stereocenters. The fraction of sp³-hybridized carbons (Fsp3) is 0.875. The second-order valence-electron chi connectivity index (χ2n) is 6.89. The zero-order valence-electron chi connectivity index (χ0n) is 12.9. The molecule has 5 nitrogen and oxygen atoms in total. The molecule has 2 aliphatic carbocycles. The van der Waals surface area contributed by atoms with Crippen molar-refractivity contribution in [1.82, 2.24) is 10.2 Å². The quantitative estimate of drug-likeness (QED) is 0.804. The van der Waals surface area contributed by atoms with Crippen molar-refractivity contribution in [3.8, 4) is 0 Å². The van der Waals surface area contributed by atoms with Crippen LogP contribution in [-0.2, 0) is 14.3 Å². The molecule has 1 heterocycles. The van der Waals surface area contributed by atoms with Crippen LogP contribution in [0.2, 0.25) is 0 Å². The van der Waals surface area contributed by atoms with Gasteiger partial charge < -0.3 is 15.0 Å². The number of likely N-dealkylation sites (tertiary alicyclic amines) is 1. The fourth-order valence-electron chi connectivity index (χ4n) is 3.19. The highest BCUT2D eigenvalue weighted by Crippen LogP contribution is 2.35. The molecular weight excluding hydrogens is 268 g/mol. The number of hydrogen-bond acceptors (Lipinski definition) is 3. The van der Waals surface area contributed by atoms with Crippen LogP contribution in [0.25, 0.3) is 0 Å². The Balaban J connectivity index is 1.57. The molecule has 2 saturated carbocycles. The average Bonchev–Trinajstić information content (AvgIpc) is 3.37. The summed E-state index contributed by atoms with van der Waals surface area (Å²) < 4.78 is 5.22. The van der Waals surface area contributed by atoms with Crippen molar-refractivity contribution in [2.75, 3.05) is 26.8 Å². The summed E-state index contributed by atoms with van der Waals surface area (Å²) in [6, 6.07) is 0. The molecule has 0 aromatic heterocycles. The highest BCUT2D eigenvalue weighted by molar-refractivity contribution is 5.82. The molecule has 21 heavy (non-hydrogen) atoms. The lowest BCUT2D eigenvalue weighted by atomic mass is 9.84. The molecule has 118 valence electrons. The van der Waals surface area contributed by atoms with E-state index in [-0.39, 0.29) is 23.3 Å². The van der Waals surface area contributed by atoms with E-state index in [0.29, 0.717) is 12.5 Å². The van der Waals surface area contributed by atoms with Gasteiger partial charge in [-0.1, -0.05) is 0 Å². The SMILES string of the molecule is COCCC1(NC(=O)C2CC2)CCN(C(=O)C2CC2)CC1. The minimum Gasteiger partial charge on any atom is -0.385 e. The van der Waals surface area contributed by atoms with Gasteiger partial charge in [-0.2, -0.15) is 0 Å². The maximum absolute atomic E-state index is 12.1. The number of rotatable bonds is 6. The maximum atomic E-state index is 12.1. The van der Waals surface area contributed by atoms with Gasteiger partial charge in [0.1, 0.15) is 0 Å². The molecule has 0 spiro atoms. The van der Waals surface area contributed by atoms with Gasteiger partial charge in [0.2, 0.25) is 11.8 Å². The molecular formula is C16H26N2O3. The smallest absolute Gasteiger partial charge is 0.225 e. The molecule has 3 rings (SSSR count). The van der Waals surface area contributed by atoms with E-state index >= 15 is 0 Å². The first-order chi connectivity index (χ1) is 10.1. The predicted molar refractivity (Wildman–Crippen MR) is 78.6 cm³/mol. The molecule has 0 aromatic carbocycles. The molecule has 2 amide bonds. The zero-order chi connectivity index (χ0) is 14.9. The van der Waals surface area contributed by atoms with Crippen molar-refractivity contribution >= 4 is 11.8 Å². The van der Waals surface area contributed by atoms with Crippen LogP contribution in [0.4, 0.5) is 0 Å². The number of amides is 2. The highest BCUT2D eigenvalue weighted by atomic mass is 16.5. The van der Waals surface area contributed by atoms with Crippen LogP contribution in [0, 0.1) is 11.8 Å². The lowest BCUT2D eigenvalue weighted by Crippen LogP contribution is -2.57. The van der Waals surface area contributed by atoms with E-state index in [9.17, 15) is 9.59 Å².